The van der Waals surface area contributed by atoms with E-state index in [1.54, 1.807) is 4.90 Å². The van der Waals surface area contributed by atoms with Crippen LogP contribution in [0.2, 0.25) is 0 Å². The van der Waals surface area contributed by atoms with Crippen LogP contribution in [0.3, 0.4) is 0 Å². The minimum Gasteiger partial charge on any atom is -0.444 e. The Labute approximate surface area is 99.1 Å². The molecule has 1 fully saturated rings. The van der Waals surface area contributed by atoms with E-state index in [4.69, 9.17) is 4.74 Å². The lowest BCUT2D eigenvalue weighted by atomic mass is 9.81. The average molecular weight is 227 g/mol. The molecule has 3 nitrogen and oxygen atoms in total. The molecule has 16 heavy (non-hydrogen) atoms. The van der Waals surface area contributed by atoms with Crippen LogP contribution in [0.25, 0.3) is 0 Å². The van der Waals surface area contributed by atoms with E-state index in [0.717, 1.165) is 13.1 Å². The summed E-state index contributed by atoms with van der Waals surface area (Å²) in [6, 6.07) is 0. The first kappa shape index (κ1) is 13.3. The molecular weight excluding hydrogens is 202 g/mol. The molecule has 0 aromatic heterocycles. The summed E-state index contributed by atoms with van der Waals surface area (Å²) < 4.78 is 5.31. The Bertz CT molecular complexity index is 254. The molecule has 0 bridgehead atoms. The second kappa shape index (κ2) is 4.27. The summed E-state index contributed by atoms with van der Waals surface area (Å²) in [5.74, 6) is 0.646. The predicted molar refractivity (Wildman–Crippen MR) is 65.4 cm³/mol. The van der Waals surface area contributed by atoms with Crippen LogP contribution in [0.1, 0.15) is 48.0 Å². The molecule has 0 spiro atoms. The number of carbonyl (C=O) groups excluding carboxylic acids is 1. The Balaban J connectivity index is 2.28. The normalized spacial score (nSPS) is 18.2. The summed E-state index contributed by atoms with van der Waals surface area (Å²) in [5, 5.41) is 0. The maximum absolute atomic E-state index is 11.7. The average Bonchev–Trinajstić information content (AvgIpc) is 1.89. The first-order valence-electron chi connectivity index (χ1n) is 6.05. The fraction of sp³-hybridized carbons (Fsp3) is 0.923. The van der Waals surface area contributed by atoms with E-state index in [-0.39, 0.29) is 11.7 Å². The highest BCUT2D eigenvalue weighted by molar-refractivity contribution is 5.69. The number of hydrogen-bond acceptors (Lipinski definition) is 2. The fourth-order valence-corrected chi connectivity index (χ4v) is 2.04. The number of hydrogen-bond donors (Lipinski definition) is 0. The quantitative estimate of drug-likeness (QED) is 0.688. The predicted octanol–water partition coefficient (Wildman–Crippen LogP) is 3.29. The zero-order chi connectivity index (χ0) is 12.6. The summed E-state index contributed by atoms with van der Waals surface area (Å²) in [5.41, 5.74) is -0.0309. The topological polar surface area (TPSA) is 29.5 Å². The highest BCUT2D eigenvalue weighted by Gasteiger charge is 2.35. The molecule has 0 aromatic carbocycles. The Morgan fingerprint density at radius 2 is 1.69 bits per heavy atom. The molecule has 1 amide bonds. The van der Waals surface area contributed by atoms with Gasteiger partial charge in [-0.15, -0.1) is 0 Å². The van der Waals surface area contributed by atoms with Crippen LogP contribution in [-0.4, -0.2) is 29.7 Å². The lowest BCUT2D eigenvalue weighted by Gasteiger charge is -2.42. The SMILES string of the molecule is CC(C)(C)CC1CN(C(=O)OC(C)(C)C)C1. The zero-order valence-corrected chi connectivity index (χ0v) is 11.5. The first-order valence-corrected chi connectivity index (χ1v) is 6.05. The molecule has 94 valence electrons. The van der Waals surface area contributed by atoms with Crippen LogP contribution in [-0.2, 0) is 4.74 Å². The van der Waals surface area contributed by atoms with Crippen molar-refractivity contribution in [2.24, 2.45) is 11.3 Å². The molecule has 0 aromatic rings. The monoisotopic (exact) mass is 227 g/mol. The first-order chi connectivity index (χ1) is 7.07. The van der Waals surface area contributed by atoms with Crippen molar-refractivity contribution in [2.75, 3.05) is 13.1 Å². The second-order valence-electron chi connectivity index (χ2n) is 7.02. The molecule has 3 heteroatoms. The third kappa shape index (κ3) is 4.42. The summed E-state index contributed by atoms with van der Waals surface area (Å²) >= 11 is 0. The highest BCUT2D eigenvalue weighted by Crippen LogP contribution is 2.30. The third-order valence-corrected chi connectivity index (χ3v) is 2.51. The van der Waals surface area contributed by atoms with Crippen molar-refractivity contribution in [3.05, 3.63) is 0 Å². The highest BCUT2D eigenvalue weighted by atomic mass is 16.6. The van der Waals surface area contributed by atoms with Crippen LogP contribution in [0.4, 0.5) is 4.79 Å². The van der Waals surface area contributed by atoms with Gasteiger partial charge in [0.1, 0.15) is 5.60 Å². The maximum Gasteiger partial charge on any atom is 0.410 e. The minimum atomic E-state index is -0.383. The van der Waals surface area contributed by atoms with E-state index in [0.29, 0.717) is 11.3 Å². The molecule has 0 N–H and O–H groups in total. The van der Waals surface area contributed by atoms with Gasteiger partial charge >= 0.3 is 6.09 Å². The van der Waals surface area contributed by atoms with Crippen molar-refractivity contribution < 1.29 is 9.53 Å². The van der Waals surface area contributed by atoms with Crippen molar-refractivity contribution in [1.82, 2.24) is 4.90 Å². The van der Waals surface area contributed by atoms with Gasteiger partial charge in [0.2, 0.25) is 0 Å². The van der Waals surface area contributed by atoms with E-state index in [1.807, 2.05) is 20.8 Å². The van der Waals surface area contributed by atoms with Crippen molar-refractivity contribution >= 4 is 6.09 Å². The van der Waals surface area contributed by atoms with Crippen LogP contribution in [0.15, 0.2) is 0 Å². The molecule has 1 aliphatic rings. The van der Waals surface area contributed by atoms with Gasteiger partial charge in [-0.2, -0.15) is 0 Å². The van der Waals surface area contributed by atoms with Crippen molar-refractivity contribution in [3.8, 4) is 0 Å². The van der Waals surface area contributed by atoms with Gasteiger partial charge in [0.05, 0.1) is 0 Å². The standard InChI is InChI=1S/C13H25NO2/c1-12(2,3)7-10-8-14(9-10)11(15)16-13(4,5)6/h10H,7-9H2,1-6H3. The fourth-order valence-electron chi connectivity index (χ4n) is 2.04. The van der Waals surface area contributed by atoms with Gasteiger partial charge in [0.25, 0.3) is 0 Å². The van der Waals surface area contributed by atoms with Crippen molar-refractivity contribution in [3.63, 3.8) is 0 Å². The van der Waals surface area contributed by atoms with Crippen LogP contribution < -0.4 is 0 Å². The van der Waals surface area contributed by atoms with Gasteiger partial charge in [0, 0.05) is 13.1 Å². The Morgan fingerprint density at radius 3 is 2.06 bits per heavy atom. The van der Waals surface area contributed by atoms with Crippen molar-refractivity contribution in [1.29, 1.82) is 0 Å². The number of amides is 1. The largest absolute Gasteiger partial charge is 0.444 e. The molecule has 1 saturated heterocycles. The maximum atomic E-state index is 11.7. The van der Waals surface area contributed by atoms with Gasteiger partial charge in [0.15, 0.2) is 0 Å². The number of likely N-dealkylation sites (tertiary alicyclic amines) is 1. The Morgan fingerprint density at radius 1 is 1.19 bits per heavy atom. The lowest BCUT2D eigenvalue weighted by molar-refractivity contribution is -0.00689. The molecular formula is C13H25NO2. The molecule has 0 unspecified atom stereocenters. The minimum absolute atomic E-state index is 0.169. The number of nitrogens with zero attached hydrogens (tertiary/aromatic N) is 1. The smallest absolute Gasteiger partial charge is 0.410 e. The molecule has 0 atom stereocenters. The summed E-state index contributed by atoms with van der Waals surface area (Å²) in [7, 11) is 0. The molecule has 0 radical (unpaired) electrons. The summed E-state index contributed by atoms with van der Waals surface area (Å²) in [4.78, 5) is 13.4. The Kier molecular flexibility index (Phi) is 3.56. The zero-order valence-electron chi connectivity index (χ0n) is 11.5. The lowest BCUT2D eigenvalue weighted by Crippen LogP contribution is -2.52. The number of ether oxygens (including phenoxy) is 1. The third-order valence-electron chi connectivity index (χ3n) is 2.51. The van der Waals surface area contributed by atoms with Crippen LogP contribution in [0.5, 0.6) is 0 Å². The van der Waals surface area contributed by atoms with Gasteiger partial charge in [-0.3, -0.25) is 0 Å². The molecule has 1 rings (SSSR count). The second-order valence-corrected chi connectivity index (χ2v) is 7.02. The van der Waals surface area contributed by atoms with Gasteiger partial charge in [-0.05, 0) is 38.5 Å². The van der Waals surface area contributed by atoms with E-state index in [9.17, 15) is 4.79 Å². The van der Waals surface area contributed by atoms with E-state index < -0.39 is 0 Å². The number of carbonyl (C=O) groups is 1. The molecule has 0 saturated carbocycles. The molecule has 1 heterocycles. The molecule has 1 aliphatic heterocycles. The van der Waals surface area contributed by atoms with E-state index in [2.05, 4.69) is 20.8 Å². The van der Waals surface area contributed by atoms with Gasteiger partial charge < -0.3 is 9.64 Å². The van der Waals surface area contributed by atoms with E-state index >= 15 is 0 Å². The molecule has 0 aliphatic carbocycles. The number of rotatable bonds is 1. The van der Waals surface area contributed by atoms with Crippen LogP contribution >= 0.6 is 0 Å². The van der Waals surface area contributed by atoms with Gasteiger partial charge in [-0.25, -0.2) is 4.79 Å². The summed E-state index contributed by atoms with van der Waals surface area (Å²) in [6.45, 7) is 14.1. The van der Waals surface area contributed by atoms with Gasteiger partial charge in [-0.1, -0.05) is 20.8 Å². The summed E-state index contributed by atoms with van der Waals surface area (Å²) in [6.07, 6.45) is 1.00. The van der Waals surface area contributed by atoms with Crippen molar-refractivity contribution in [2.45, 2.75) is 53.6 Å². The van der Waals surface area contributed by atoms with E-state index in [1.165, 1.54) is 6.42 Å². The van der Waals surface area contributed by atoms with Crippen LogP contribution in [0, 0.1) is 11.3 Å². The Hall–Kier alpha value is -0.730.